The van der Waals surface area contributed by atoms with Gasteiger partial charge in [-0.25, -0.2) is 0 Å². The second-order valence-corrected chi connectivity index (χ2v) is 3.49. The van der Waals surface area contributed by atoms with Crippen LogP contribution in [0.1, 0.15) is 5.56 Å². The van der Waals surface area contributed by atoms with E-state index in [1.54, 1.807) is 18.5 Å². The minimum atomic E-state index is 0.881. The molecule has 1 heterocycles. The van der Waals surface area contributed by atoms with Gasteiger partial charge in [-0.3, -0.25) is 9.97 Å². The Morgan fingerprint density at radius 2 is 2.00 bits per heavy atom. The van der Waals surface area contributed by atoms with Crippen molar-refractivity contribution < 1.29 is 0 Å². The van der Waals surface area contributed by atoms with Crippen molar-refractivity contribution in [2.45, 2.75) is 0 Å². The number of hydrogen-bond acceptors (Lipinski definition) is 2. The Hall–Kier alpha value is -1.22. The molecule has 0 saturated carbocycles. The van der Waals surface area contributed by atoms with Crippen molar-refractivity contribution in [1.29, 1.82) is 0 Å². The van der Waals surface area contributed by atoms with Crippen molar-refractivity contribution >= 4 is 33.0 Å². The molecule has 0 amide bonds. The Labute approximate surface area is 84.5 Å². The Morgan fingerprint density at radius 3 is 2.77 bits per heavy atom. The molecule has 0 saturated heterocycles. The zero-order valence-electron chi connectivity index (χ0n) is 6.87. The minimum Gasteiger partial charge on any atom is -0.253 e. The number of benzene rings is 1. The average molecular weight is 235 g/mol. The Kier molecular flexibility index (Phi) is 2.10. The molecule has 0 unspecified atom stereocenters. The van der Waals surface area contributed by atoms with E-state index in [1.165, 1.54) is 0 Å². The van der Waals surface area contributed by atoms with Gasteiger partial charge < -0.3 is 0 Å². The van der Waals surface area contributed by atoms with Gasteiger partial charge in [-0.2, -0.15) is 0 Å². The van der Waals surface area contributed by atoms with Gasteiger partial charge in [0, 0.05) is 16.9 Å². The molecule has 0 aliphatic heterocycles. The Bertz CT molecular complexity index is 465. The fourth-order valence-electron chi connectivity index (χ4n) is 1.17. The third kappa shape index (κ3) is 1.47. The van der Waals surface area contributed by atoms with Gasteiger partial charge in [-0.1, -0.05) is 12.7 Å². The summed E-state index contributed by atoms with van der Waals surface area (Å²) < 4.78 is 0.952. The SMILES string of the molecule is C=Cc1cc(Br)c2nccnc2c1. The topological polar surface area (TPSA) is 25.8 Å². The number of hydrogen-bond donors (Lipinski definition) is 0. The van der Waals surface area contributed by atoms with E-state index >= 15 is 0 Å². The molecule has 0 aliphatic rings. The van der Waals surface area contributed by atoms with E-state index in [1.807, 2.05) is 12.1 Å². The Morgan fingerprint density at radius 1 is 1.23 bits per heavy atom. The summed E-state index contributed by atoms with van der Waals surface area (Å²) in [5.41, 5.74) is 2.81. The quantitative estimate of drug-likeness (QED) is 0.759. The molecule has 0 bridgehead atoms. The highest BCUT2D eigenvalue weighted by Gasteiger charge is 2.01. The third-order valence-electron chi connectivity index (χ3n) is 1.79. The van der Waals surface area contributed by atoms with E-state index in [-0.39, 0.29) is 0 Å². The van der Waals surface area contributed by atoms with Crippen LogP contribution in [0.5, 0.6) is 0 Å². The molecular weight excluding hydrogens is 228 g/mol. The molecule has 0 N–H and O–H groups in total. The minimum absolute atomic E-state index is 0.881. The zero-order valence-corrected chi connectivity index (χ0v) is 8.45. The largest absolute Gasteiger partial charge is 0.253 e. The van der Waals surface area contributed by atoms with Gasteiger partial charge in [0.05, 0.1) is 5.52 Å². The first-order valence-corrected chi connectivity index (χ1v) is 4.63. The fraction of sp³-hybridized carbons (Fsp3) is 0. The molecule has 64 valence electrons. The summed E-state index contributed by atoms with van der Waals surface area (Å²) in [4.78, 5) is 8.42. The van der Waals surface area contributed by atoms with Crippen LogP contribution < -0.4 is 0 Å². The second kappa shape index (κ2) is 3.26. The van der Waals surface area contributed by atoms with Crippen molar-refractivity contribution in [3.63, 3.8) is 0 Å². The lowest BCUT2D eigenvalue weighted by Crippen LogP contribution is -1.84. The van der Waals surface area contributed by atoms with Gasteiger partial charge in [0.2, 0.25) is 0 Å². The molecule has 0 radical (unpaired) electrons. The number of fused-ring (bicyclic) bond motifs is 1. The summed E-state index contributed by atoms with van der Waals surface area (Å²) in [5, 5.41) is 0. The molecule has 1 aromatic heterocycles. The first-order valence-electron chi connectivity index (χ1n) is 3.84. The number of halogens is 1. The van der Waals surface area contributed by atoms with Crippen molar-refractivity contribution in [2.24, 2.45) is 0 Å². The smallest absolute Gasteiger partial charge is 0.103 e. The summed E-state index contributed by atoms with van der Waals surface area (Å²) in [6.07, 6.45) is 5.15. The van der Waals surface area contributed by atoms with Crippen LogP contribution in [-0.2, 0) is 0 Å². The molecule has 2 nitrogen and oxygen atoms in total. The maximum atomic E-state index is 4.21. The normalized spacial score (nSPS) is 10.2. The van der Waals surface area contributed by atoms with E-state index in [9.17, 15) is 0 Å². The molecule has 0 fully saturated rings. The van der Waals surface area contributed by atoms with Crippen LogP contribution in [0.15, 0.2) is 35.6 Å². The van der Waals surface area contributed by atoms with Crippen LogP contribution in [-0.4, -0.2) is 9.97 Å². The van der Waals surface area contributed by atoms with Crippen LogP contribution in [0.4, 0.5) is 0 Å². The lowest BCUT2D eigenvalue weighted by atomic mass is 10.2. The highest BCUT2D eigenvalue weighted by atomic mass is 79.9. The molecule has 0 atom stereocenters. The molecule has 1 aromatic carbocycles. The van der Waals surface area contributed by atoms with Gasteiger partial charge in [-0.05, 0) is 33.6 Å². The third-order valence-corrected chi connectivity index (χ3v) is 2.39. The predicted octanol–water partition coefficient (Wildman–Crippen LogP) is 3.04. The molecule has 13 heavy (non-hydrogen) atoms. The standard InChI is InChI=1S/C10H7BrN2/c1-2-7-5-8(11)10-9(6-7)12-3-4-13-10/h2-6H,1H2. The summed E-state index contributed by atoms with van der Waals surface area (Å²) >= 11 is 3.44. The molecule has 0 aliphatic carbocycles. The Balaban J connectivity index is 2.84. The maximum Gasteiger partial charge on any atom is 0.103 e. The molecule has 3 heteroatoms. The summed E-state index contributed by atoms with van der Waals surface area (Å²) in [6.45, 7) is 3.71. The van der Waals surface area contributed by atoms with Crippen LogP contribution in [0.3, 0.4) is 0 Å². The molecule has 2 aromatic rings. The highest BCUT2D eigenvalue weighted by molar-refractivity contribution is 9.10. The van der Waals surface area contributed by atoms with Crippen LogP contribution in [0, 0.1) is 0 Å². The second-order valence-electron chi connectivity index (χ2n) is 2.63. The van der Waals surface area contributed by atoms with Gasteiger partial charge >= 0.3 is 0 Å². The summed E-state index contributed by atoms with van der Waals surface area (Å²) in [7, 11) is 0. The van der Waals surface area contributed by atoms with Crippen molar-refractivity contribution in [1.82, 2.24) is 9.97 Å². The molecule has 2 rings (SSSR count). The van der Waals surface area contributed by atoms with Crippen LogP contribution >= 0.6 is 15.9 Å². The van der Waals surface area contributed by atoms with E-state index in [0.29, 0.717) is 0 Å². The monoisotopic (exact) mass is 234 g/mol. The number of rotatable bonds is 1. The van der Waals surface area contributed by atoms with E-state index in [2.05, 4.69) is 32.5 Å². The fourth-order valence-corrected chi connectivity index (χ4v) is 1.74. The van der Waals surface area contributed by atoms with Crippen LogP contribution in [0.25, 0.3) is 17.1 Å². The lowest BCUT2D eigenvalue weighted by molar-refractivity contribution is 1.29. The van der Waals surface area contributed by atoms with Gasteiger partial charge in [0.15, 0.2) is 0 Å². The van der Waals surface area contributed by atoms with Gasteiger partial charge in [-0.15, -0.1) is 0 Å². The van der Waals surface area contributed by atoms with Crippen molar-refractivity contribution in [3.8, 4) is 0 Å². The zero-order chi connectivity index (χ0) is 9.26. The van der Waals surface area contributed by atoms with E-state index in [0.717, 1.165) is 21.1 Å². The van der Waals surface area contributed by atoms with Crippen molar-refractivity contribution in [3.05, 3.63) is 41.1 Å². The highest BCUT2D eigenvalue weighted by Crippen LogP contribution is 2.22. The summed E-state index contributed by atoms with van der Waals surface area (Å²) in [5.74, 6) is 0. The number of nitrogens with zero attached hydrogens (tertiary/aromatic N) is 2. The first kappa shape index (κ1) is 8.38. The lowest BCUT2D eigenvalue weighted by Gasteiger charge is -2.00. The van der Waals surface area contributed by atoms with E-state index in [4.69, 9.17) is 0 Å². The summed E-state index contributed by atoms with van der Waals surface area (Å²) in [6, 6.07) is 3.93. The van der Waals surface area contributed by atoms with Crippen molar-refractivity contribution in [2.75, 3.05) is 0 Å². The number of aromatic nitrogens is 2. The average Bonchev–Trinajstić information content (AvgIpc) is 2.18. The maximum absolute atomic E-state index is 4.21. The van der Waals surface area contributed by atoms with E-state index < -0.39 is 0 Å². The molecule has 0 spiro atoms. The van der Waals surface area contributed by atoms with Crippen LogP contribution in [0.2, 0.25) is 0 Å². The predicted molar refractivity (Wildman–Crippen MR) is 57.3 cm³/mol. The van der Waals surface area contributed by atoms with Gasteiger partial charge in [0.1, 0.15) is 5.52 Å². The molecular formula is C10H7BrN2. The van der Waals surface area contributed by atoms with Gasteiger partial charge in [0.25, 0.3) is 0 Å². The first-order chi connectivity index (χ1) is 6.31.